The van der Waals surface area contributed by atoms with Crippen molar-refractivity contribution in [3.8, 4) is 0 Å². The maximum atomic E-state index is 12.5. The smallest absolute Gasteiger partial charge is 0.344 e. The third kappa shape index (κ3) is 1.72. The van der Waals surface area contributed by atoms with Gasteiger partial charge in [-0.2, -0.15) is 0 Å². The number of carbonyl (C=O) groups excluding carboxylic acids is 3. The van der Waals surface area contributed by atoms with Crippen LogP contribution in [0.1, 0.15) is 6.92 Å². The lowest BCUT2D eigenvalue weighted by molar-refractivity contribution is -0.299. The molecule has 0 unspecified atom stereocenters. The van der Waals surface area contributed by atoms with Gasteiger partial charge in [0.1, 0.15) is 18.3 Å². The maximum absolute atomic E-state index is 12.5. The lowest BCUT2D eigenvalue weighted by Crippen LogP contribution is -2.75. The summed E-state index contributed by atoms with van der Waals surface area (Å²) in [5.41, 5.74) is -2.96. The molecule has 0 radical (unpaired) electrons. The molecule has 0 spiro atoms. The summed E-state index contributed by atoms with van der Waals surface area (Å²) in [5.74, 6) is -2.02. The quantitative estimate of drug-likeness (QED) is 0.350. The molecule has 9 nitrogen and oxygen atoms in total. The summed E-state index contributed by atoms with van der Waals surface area (Å²) >= 11 is 0. The number of rotatable bonds is 2. The predicted molar refractivity (Wildman–Crippen MR) is 72.6 cm³/mol. The first-order chi connectivity index (χ1) is 11.4. The molecule has 0 saturated carbocycles. The van der Waals surface area contributed by atoms with Crippen molar-refractivity contribution in [3.63, 3.8) is 0 Å². The van der Waals surface area contributed by atoms with Crippen molar-refractivity contribution in [2.45, 2.75) is 42.5 Å². The third-order valence-electron chi connectivity index (χ3n) is 5.06. The molecule has 0 aromatic carbocycles. The van der Waals surface area contributed by atoms with Gasteiger partial charge in [0.15, 0.2) is 6.10 Å². The molecule has 9 heteroatoms. The summed E-state index contributed by atoms with van der Waals surface area (Å²) in [6.45, 7) is 1.27. The van der Waals surface area contributed by atoms with Gasteiger partial charge in [0.25, 0.3) is 0 Å². The minimum atomic E-state index is -1.63. The Bertz CT molecular complexity index is 670. The van der Waals surface area contributed by atoms with E-state index in [-0.39, 0.29) is 12.2 Å². The first-order valence-electron chi connectivity index (χ1n) is 7.45. The van der Waals surface area contributed by atoms with E-state index in [1.54, 1.807) is 0 Å². The number of fused-ring (bicyclic) bond motifs is 4. The van der Waals surface area contributed by atoms with Crippen molar-refractivity contribution < 1.29 is 42.8 Å². The number of methoxy groups -OCH3 is 2. The average molecular weight is 340 g/mol. The van der Waals surface area contributed by atoms with Crippen LogP contribution in [-0.4, -0.2) is 74.4 Å². The normalized spacial score (nSPS) is 45.1. The van der Waals surface area contributed by atoms with Crippen LogP contribution < -0.4 is 0 Å². The molecule has 3 saturated heterocycles. The van der Waals surface area contributed by atoms with Crippen LogP contribution in [0.25, 0.3) is 0 Å². The van der Waals surface area contributed by atoms with E-state index < -0.39 is 53.5 Å². The summed E-state index contributed by atoms with van der Waals surface area (Å²) in [6, 6.07) is 0. The molecule has 130 valence electrons. The van der Waals surface area contributed by atoms with E-state index in [4.69, 9.17) is 28.4 Å². The molecule has 1 aliphatic carbocycles. The van der Waals surface area contributed by atoms with E-state index in [9.17, 15) is 14.4 Å². The second-order valence-corrected chi connectivity index (χ2v) is 6.23. The topological polar surface area (TPSA) is 110 Å². The van der Waals surface area contributed by atoms with Gasteiger partial charge in [-0.3, -0.25) is 0 Å². The lowest BCUT2D eigenvalue weighted by Gasteiger charge is -2.50. The highest BCUT2D eigenvalue weighted by atomic mass is 16.7. The summed E-state index contributed by atoms with van der Waals surface area (Å²) < 4.78 is 31.7. The summed E-state index contributed by atoms with van der Waals surface area (Å²) in [6.07, 6.45) is -1.17. The van der Waals surface area contributed by atoms with Crippen LogP contribution in [-0.2, 0) is 42.8 Å². The molecule has 24 heavy (non-hydrogen) atoms. The van der Waals surface area contributed by atoms with Gasteiger partial charge >= 0.3 is 17.9 Å². The van der Waals surface area contributed by atoms with Gasteiger partial charge in [-0.1, -0.05) is 0 Å². The molecule has 6 atom stereocenters. The highest BCUT2D eigenvalue weighted by Gasteiger charge is 2.75. The molecule has 0 aromatic heterocycles. The van der Waals surface area contributed by atoms with Crippen LogP contribution in [0.4, 0.5) is 0 Å². The molecule has 3 aliphatic heterocycles. The van der Waals surface area contributed by atoms with E-state index in [0.29, 0.717) is 0 Å². The third-order valence-corrected chi connectivity index (χ3v) is 5.06. The fourth-order valence-electron chi connectivity index (χ4n) is 3.44. The first-order valence-corrected chi connectivity index (χ1v) is 7.45. The molecule has 0 bridgehead atoms. The van der Waals surface area contributed by atoms with Crippen LogP contribution in [0.5, 0.6) is 0 Å². The maximum Gasteiger partial charge on any atom is 0.344 e. The summed E-state index contributed by atoms with van der Waals surface area (Å²) in [7, 11) is 2.46. The Kier molecular flexibility index (Phi) is 3.09. The molecular formula is C15H16O9. The van der Waals surface area contributed by atoms with Crippen molar-refractivity contribution in [2.75, 3.05) is 20.8 Å². The minimum Gasteiger partial charge on any atom is -0.467 e. The van der Waals surface area contributed by atoms with E-state index in [1.807, 2.05) is 0 Å². The summed E-state index contributed by atoms with van der Waals surface area (Å²) in [4.78, 5) is 36.7. The van der Waals surface area contributed by atoms with Crippen LogP contribution in [0.3, 0.4) is 0 Å². The average Bonchev–Trinajstić information content (AvgIpc) is 3.37. The monoisotopic (exact) mass is 340 g/mol. The molecule has 4 rings (SSSR count). The number of hydrogen-bond acceptors (Lipinski definition) is 9. The summed E-state index contributed by atoms with van der Waals surface area (Å²) in [5, 5.41) is 0. The van der Waals surface area contributed by atoms with Crippen LogP contribution in [0.2, 0.25) is 0 Å². The van der Waals surface area contributed by atoms with Gasteiger partial charge in [0, 0.05) is 0 Å². The Balaban J connectivity index is 1.75. The predicted octanol–water partition coefficient (Wildman–Crippen LogP) is -1.12. The number of hydrogen-bond donors (Lipinski definition) is 0. The van der Waals surface area contributed by atoms with Crippen molar-refractivity contribution in [2.24, 2.45) is 0 Å². The fraction of sp³-hybridized carbons (Fsp3) is 0.667. The molecule has 0 amide bonds. The van der Waals surface area contributed by atoms with Gasteiger partial charge in [-0.05, 0) is 13.0 Å². The molecule has 3 heterocycles. The SMILES string of the molecule is COC(=O)C1=C[C@H]2O[C@]3(C(=O)OC)CO[C@]3(C)C(=O)O[C@@H]2[C@@H]2O[C@H]12. The Labute approximate surface area is 136 Å². The Hall–Kier alpha value is -1.97. The van der Waals surface area contributed by atoms with E-state index in [2.05, 4.69) is 0 Å². The van der Waals surface area contributed by atoms with Crippen molar-refractivity contribution >= 4 is 17.9 Å². The number of epoxide rings is 1. The van der Waals surface area contributed by atoms with Crippen molar-refractivity contribution in [3.05, 3.63) is 11.6 Å². The standard InChI is InChI=1S/C15H16O9/c1-14-12(17)23-9-7(24-15(14,5-21-14)13(18)20-3)4-6(11(16)19-2)8-10(9)22-8/h4,7-10H,5H2,1-3H3/t7-,8-,9+,10-,14-,15+/m1/s1. The Morgan fingerprint density at radius 3 is 2.58 bits per heavy atom. The van der Waals surface area contributed by atoms with E-state index in [0.717, 1.165) is 0 Å². The molecule has 0 aromatic rings. The zero-order valence-corrected chi connectivity index (χ0v) is 13.3. The van der Waals surface area contributed by atoms with Gasteiger partial charge in [0.05, 0.1) is 26.4 Å². The van der Waals surface area contributed by atoms with Gasteiger partial charge in [-0.15, -0.1) is 0 Å². The Morgan fingerprint density at radius 2 is 2.00 bits per heavy atom. The second-order valence-electron chi connectivity index (χ2n) is 6.23. The highest BCUT2D eigenvalue weighted by molar-refractivity contribution is 5.95. The number of esters is 3. The van der Waals surface area contributed by atoms with Crippen molar-refractivity contribution in [1.29, 1.82) is 0 Å². The van der Waals surface area contributed by atoms with Crippen LogP contribution in [0.15, 0.2) is 11.6 Å². The molecule has 4 aliphatic rings. The Morgan fingerprint density at radius 1 is 1.25 bits per heavy atom. The van der Waals surface area contributed by atoms with Crippen LogP contribution >= 0.6 is 0 Å². The zero-order chi connectivity index (χ0) is 17.3. The molecule has 3 fully saturated rings. The highest BCUT2D eigenvalue weighted by Crippen LogP contribution is 2.50. The number of carbonyl (C=O) groups is 3. The molecule has 0 N–H and O–H groups in total. The van der Waals surface area contributed by atoms with Gasteiger partial charge in [0.2, 0.25) is 11.2 Å². The minimum absolute atomic E-state index is 0.148. The van der Waals surface area contributed by atoms with Crippen molar-refractivity contribution in [1.82, 2.24) is 0 Å². The van der Waals surface area contributed by atoms with Gasteiger partial charge < -0.3 is 28.4 Å². The first kappa shape index (κ1) is 15.6. The number of ether oxygens (including phenoxy) is 6. The van der Waals surface area contributed by atoms with Gasteiger partial charge in [-0.25, -0.2) is 14.4 Å². The molecular weight excluding hydrogens is 324 g/mol. The lowest BCUT2D eigenvalue weighted by atomic mass is 9.79. The van der Waals surface area contributed by atoms with E-state index >= 15 is 0 Å². The second kappa shape index (κ2) is 4.78. The van der Waals surface area contributed by atoms with E-state index in [1.165, 1.54) is 27.2 Å². The fourth-order valence-corrected chi connectivity index (χ4v) is 3.44. The largest absolute Gasteiger partial charge is 0.467 e. The van der Waals surface area contributed by atoms with Crippen LogP contribution in [0, 0.1) is 0 Å². The zero-order valence-electron chi connectivity index (χ0n) is 13.3.